The van der Waals surface area contributed by atoms with Gasteiger partial charge in [-0.3, -0.25) is 9.97 Å². The highest BCUT2D eigenvalue weighted by atomic mass is 16.4. The topological polar surface area (TPSA) is 89.3 Å². The molecule has 0 bridgehead atoms. The number of unbranched alkanes of at least 4 members (excludes halogenated alkanes) is 1. The summed E-state index contributed by atoms with van der Waals surface area (Å²) in [5.74, 6) is 0.0560. The van der Waals surface area contributed by atoms with Crippen LogP contribution in [0.2, 0.25) is 0 Å². The molecule has 0 radical (unpaired) electrons. The largest absolute Gasteiger partial charge is 0.409 e. The maximum atomic E-state index is 8.79. The van der Waals surface area contributed by atoms with Gasteiger partial charge in [-0.05, 0) is 30.7 Å². The normalized spacial score (nSPS) is 12.0. The van der Waals surface area contributed by atoms with E-state index in [1.54, 1.807) is 18.3 Å². The van der Waals surface area contributed by atoms with Crippen LogP contribution in [0.15, 0.2) is 48.0 Å². The van der Waals surface area contributed by atoms with Crippen LogP contribution in [0.4, 0.5) is 0 Å². The molecule has 3 aromatic heterocycles. The summed E-state index contributed by atoms with van der Waals surface area (Å²) >= 11 is 0. The van der Waals surface area contributed by atoms with Crippen molar-refractivity contribution in [3.8, 4) is 11.4 Å². The van der Waals surface area contributed by atoms with Gasteiger partial charge in [0.2, 0.25) is 0 Å². The van der Waals surface area contributed by atoms with E-state index in [9.17, 15) is 0 Å². The predicted molar refractivity (Wildman–Crippen MR) is 90.4 cm³/mol. The van der Waals surface area contributed by atoms with Gasteiger partial charge in [0, 0.05) is 29.9 Å². The lowest BCUT2D eigenvalue weighted by Crippen LogP contribution is -2.13. The minimum Gasteiger partial charge on any atom is -0.409 e. The van der Waals surface area contributed by atoms with Gasteiger partial charge >= 0.3 is 0 Å². The summed E-state index contributed by atoms with van der Waals surface area (Å²) in [6.45, 7) is 3.18. The molecule has 3 N–H and O–H groups in total. The van der Waals surface area contributed by atoms with Gasteiger partial charge in [-0.15, -0.1) is 0 Å². The van der Waals surface area contributed by atoms with E-state index in [0.29, 0.717) is 11.3 Å². The lowest BCUT2D eigenvalue weighted by Gasteiger charge is -2.06. The lowest BCUT2D eigenvalue weighted by atomic mass is 10.1. The highest BCUT2D eigenvalue weighted by Gasteiger charge is 2.08. The predicted octanol–water partition coefficient (Wildman–Crippen LogP) is 2.99. The lowest BCUT2D eigenvalue weighted by molar-refractivity contribution is 0.318. The van der Waals surface area contributed by atoms with Crippen LogP contribution in [-0.4, -0.2) is 25.6 Å². The molecule has 3 heterocycles. The first-order chi connectivity index (χ1) is 11.2. The van der Waals surface area contributed by atoms with Gasteiger partial charge in [0.1, 0.15) is 0 Å². The van der Waals surface area contributed by atoms with Gasteiger partial charge in [-0.25, -0.2) is 0 Å². The first kappa shape index (κ1) is 15.0. The zero-order chi connectivity index (χ0) is 16.2. The van der Waals surface area contributed by atoms with Crippen molar-refractivity contribution in [3.05, 3.63) is 48.4 Å². The van der Waals surface area contributed by atoms with Crippen LogP contribution in [0, 0.1) is 0 Å². The van der Waals surface area contributed by atoms with Crippen LogP contribution in [0.5, 0.6) is 0 Å². The number of fused-ring (bicyclic) bond motifs is 1. The minimum absolute atomic E-state index is 0.0560. The maximum Gasteiger partial charge on any atom is 0.170 e. The highest BCUT2D eigenvalue weighted by Crippen LogP contribution is 2.22. The number of hydrogen-bond acceptors (Lipinski definition) is 4. The molecule has 0 fully saturated rings. The third-order valence-electron chi connectivity index (χ3n) is 3.84. The average Bonchev–Trinajstić information content (AvgIpc) is 3.01. The third kappa shape index (κ3) is 3.01. The fourth-order valence-corrected chi connectivity index (χ4v) is 2.54. The molecule has 23 heavy (non-hydrogen) atoms. The smallest absolute Gasteiger partial charge is 0.170 e. The van der Waals surface area contributed by atoms with Gasteiger partial charge in [-0.2, -0.15) is 0 Å². The summed E-state index contributed by atoms with van der Waals surface area (Å²) < 4.78 is 2.22. The number of rotatable bonds is 5. The molecule has 0 amide bonds. The number of hydrogen-bond donors (Lipinski definition) is 2. The van der Waals surface area contributed by atoms with Crippen molar-refractivity contribution in [1.29, 1.82) is 0 Å². The molecule has 0 aliphatic carbocycles. The molecule has 6 nitrogen and oxygen atoms in total. The minimum atomic E-state index is 0.0560. The van der Waals surface area contributed by atoms with E-state index in [1.165, 1.54) is 0 Å². The molecule has 0 aliphatic heterocycles. The van der Waals surface area contributed by atoms with Gasteiger partial charge in [-0.1, -0.05) is 18.5 Å². The van der Waals surface area contributed by atoms with Crippen LogP contribution < -0.4 is 5.73 Å². The van der Waals surface area contributed by atoms with E-state index in [1.807, 2.05) is 12.3 Å². The van der Waals surface area contributed by atoms with Crippen LogP contribution >= 0.6 is 0 Å². The Morgan fingerprint density at radius 2 is 2.09 bits per heavy atom. The maximum absolute atomic E-state index is 8.79. The molecule has 3 aromatic rings. The molecule has 0 aliphatic rings. The van der Waals surface area contributed by atoms with E-state index in [2.05, 4.69) is 38.9 Å². The van der Waals surface area contributed by atoms with Crippen LogP contribution in [0.1, 0.15) is 25.3 Å². The number of amidine groups is 1. The fourth-order valence-electron chi connectivity index (χ4n) is 2.54. The summed E-state index contributed by atoms with van der Waals surface area (Å²) in [6.07, 6.45) is 7.90. The number of pyridine rings is 2. The first-order valence-electron chi connectivity index (χ1n) is 7.62. The molecule has 0 saturated carbocycles. The molecular weight excluding hydrogens is 290 g/mol. The van der Waals surface area contributed by atoms with E-state index in [0.717, 1.165) is 36.0 Å². The molecule has 0 aromatic carbocycles. The standard InChI is InChI=1S/C17H19N5O/c1-2-3-7-22-8-5-12-9-15(20-11-16(12)22)14-10-13(4-6-19-14)17(18)21-23/h4-6,8-11,23H,2-3,7H2,1H3,(H2,18,21). The second-order valence-corrected chi connectivity index (χ2v) is 5.41. The molecule has 118 valence electrons. The SMILES string of the molecule is CCCCn1ccc2cc(-c3cc(/C(N)=N/O)ccn3)ncc21. The summed E-state index contributed by atoms with van der Waals surface area (Å²) in [5.41, 5.74) is 8.82. The van der Waals surface area contributed by atoms with E-state index >= 15 is 0 Å². The Bertz CT molecular complexity index is 853. The van der Waals surface area contributed by atoms with E-state index < -0.39 is 0 Å². The van der Waals surface area contributed by atoms with Crippen LogP contribution in [0.3, 0.4) is 0 Å². The van der Waals surface area contributed by atoms with Crippen molar-refractivity contribution < 1.29 is 5.21 Å². The molecule has 3 rings (SSSR count). The van der Waals surface area contributed by atoms with E-state index in [-0.39, 0.29) is 5.84 Å². The van der Waals surface area contributed by atoms with Gasteiger partial charge < -0.3 is 15.5 Å². The van der Waals surface area contributed by atoms with Crippen molar-refractivity contribution in [2.45, 2.75) is 26.3 Å². The zero-order valence-corrected chi connectivity index (χ0v) is 13.0. The Kier molecular flexibility index (Phi) is 4.23. The summed E-state index contributed by atoms with van der Waals surface area (Å²) in [4.78, 5) is 8.85. The van der Waals surface area contributed by atoms with Crippen molar-refractivity contribution in [2.75, 3.05) is 0 Å². The first-order valence-corrected chi connectivity index (χ1v) is 7.62. The zero-order valence-electron chi connectivity index (χ0n) is 13.0. The number of nitrogens with two attached hydrogens (primary N) is 1. The van der Waals surface area contributed by atoms with Crippen LogP contribution in [0.25, 0.3) is 22.3 Å². The molecule has 0 unspecified atom stereocenters. The molecule has 0 spiro atoms. The third-order valence-corrected chi connectivity index (χ3v) is 3.84. The van der Waals surface area contributed by atoms with Gasteiger partial charge in [0.25, 0.3) is 0 Å². The van der Waals surface area contributed by atoms with Gasteiger partial charge in [0.15, 0.2) is 5.84 Å². The van der Waals surface area contributed by atoms with Crippen molar-refractivity contribution in [2.24, 2.45) is 10.9 Å². The average molecular weight is 309 g/mol. The van der Waals surface area contributed by atoms with Crippen molar-refractivity contribution >= 4 is 16.7 Å². The Hall–Kier alpha value is -2.89. The van der Waals surface area contributed by atoms with E-state index in [4.69, 9.17) is 10.9 Å². The number of aromatic nitrogens is 3. The Morgan fingerprint density at radius 1 is 1.26 bits per heavy atom. The van der Waals surface area contributed by atoms with Gasteiger partial charge in [0.05, 0.1) is 23.1 Å². The van der Waals surface area contributed by atoms with Crippen molar-refractivity contribution in [1.82, 2.24) is 14.5 Å². The monoisotopic (exact) mass is 309 g/mol. The molecule has 6 heteroatoms. The summed E-state index contributed by atoms with van der Waals surface area (Å²) in [7, 11) is 0. The molecule has 0 saturated heterocycles. The summed E-state index contributed by atoms with van der Waals surface area (Å²) in [5, 5.41) is 12.9. The summed E-state index contributed by atoms with van der Waals surface area (Å²) in [6, 6.07) is 7.55. The Morgan fingerprint density at radius 3 is 2.87 bits per heavy atom. The molecule has 0 atom stereocenters. The van der Waals surface area contributed by atoms with Crippen molar-refractivity contribution in [3.63, 3.8) is 0 Å². The number of aryl methyl sites for hydroxylation is 1. The second-order valence-electron chi connectivity index (χ2n) is 5.41. The number of oxime groups is 1. The highest BCUT2D eigenvalue weighted by molar-refractivity contribution is 5.97. The fraction of sp³-hybridized carbons (Fsp3) is 0.235. The quantitative estimate of drug-likeness (QED) is 0.328. The molecular formula is C17H19N5O. The van der Waals surface area contributed by atoms with Crippen LogP contribution in [-0.2, 0) is 6.54 Å². The number of nitrogens with zero attached hydrogens (tertiary/aromatic N) is 4. The second kappa shape index (κ2) is 6.48. The Balaban J connectivity index is 1.98. The Labute approximate surface area is 134 Å².